The van der Waals surface area contributed by atoms with Crippen molar-refractivity contribution in [1.29, 1.82) is 0 Å². The fourth-order valence-corrected chi connectivity index (χ4v) is 0.590. The van der Waals surface area contributed by atoms with Crippen LogP contribution in [0.2, 0.25) is 0 Å². The molecule has 0 aliphatic carbocycles. The molecule has 3 nitrogen and oxygen atoms in total. The Morgan fingerprint density at radius 2 is 1.44 bits per heavy atom. The maximum atomic E-state index is 12.1. The van der Waals surface area contributed by atoms with E-state index >= 15 is 0 Å². The van der Waals surface area contributed by atoms with Gasteiger partial charge in [0.1, 0.15) is 5.82 Å². The van der Waals surface area contributed by atoms with E-state index in [9.17, 15) is 17.6 Å². The van der Waals surface area contributed by atoms with Gasteiger partial charge in [0.25, 0.3) is 0 Å². The molecular formula is C7H6F4O3S2. The smallest absolute Gasteiger partial charge is 0.279 e. The van der Waals surface area contributed by atoms with Crippen molar-refractivity contribution in [2.45, 2.75) is 10.4 Å². The molecule has 0 aliphatic rings. The first-order valence-corrected chi connectivity index (χ1v) is 5.41. The minimum absolute atomic E-state index is 0.220. The Morgan fingerprint density at radius 1 is 1.12 bits per heavy atom. The normalized spacial score (nSPS) is 11.6. The van der Waals surface area contributed by atoms with Crippen molar-refractivity contribution in [1.82, 2.24) is 0 Å². The molecule has 0 fully saturated rings. The molecule has 0 aliphatic heterocycles. The second-order valence-electron chi connectivity index (χ2n) is 2.40. The van der Waals surface area contributed by atoms with Crippen molar-refractivity contribution < 1.29 is 30.5 Å². The molecule has 0 radical (unpaired) electrons. The van der Waals surface area contributed by atoms with E-state index in [1.807, 2.05) is 0 Å². The third-order valence-electron chi connectivity index (χ3n) is 1.12. The average molecular weight is 278 g/mol. The number of alkyl halides is 3. The Labute approximate surface area is 94.2 Å². The summed E-state index contributed by atoms with van der Waals surface area (Å²) >= 11 is 3.97. The molecule has 0 amide bonds. The Morgan fingerprint density at radius 3 is 1.62 bits per heavy atom. The third kappa shape index (κ3) is 5.93. The van der Waals surface area contributed by atoms with Crippen LogP contribution in [0.25, 0.3) is 0 Å². The van der Waals surface area contributed by atoms with Crippen LogP contribution in [0.5, 0.6) is 0 Å². The summed E-state index contributed by atoms with van der Waals surface area (Å²) in [6, 6.07) is 5.97. The van der Waals surface area contributed by atoms with E-state index < -0.39 is 15.6 Å². The van der Waals surface area contributed by atoms with Crippen molar-refractivity contribution in [3.63, 3.8) is 0 Å². The van der Waals surface area contributed by atoms with Crippen LogP contribution in [0.4, 0.5) is 17.6 Å². The van der Waals surface area contributed by atoms with Crippen LogP contribution in [0.15, 0.2) is 29.2 Å². The van der Waals surface area contributed by atoms with Crippen LogP contribution in [0, 0.1) is 5.82 Å². The van der Waals surface area contributed by atoms with Crippen LogP contribution in [-0.2, 0) is 10.1 Å². The number of hydrogen-bond acceptors (Lipinski definition) is 3. The van der Waals surface area contributed by atoms with Gasteiger partial charge in [-0.25, -0.2) is 4.39 Å². The lowest BCUT2D eigenvalue weighted by Gasteiger charge is -1.97. The Hall–Kier alpha value is -0.800. The molecule has 92 valence electrons. The van der Waals surface area contributed by atoms with E-state index in [-0.39, 0.29) is 5.82 Å². The van der Waals surface area contributed by atoms with E-state index in [0.29, 0.717) is 0 Å². The summed E-state index contributed by atoms with van der Waals surface area (Å²) in [6.07, 6.45) is 0. The van der Waals surface area contributed by atoms with Crippen LogP contribution >= 0.6 is 12.6 Å². The van der Waals surface area contributed by atoms with Crippen molar-refractivity contribution in [2.24, 2.45) is 0 Å². The molecule has 1 N–H and O–H groups in total. The first kappa shape index (κ1) is 15.2. The predicted molar refractivity (Wildman–Crippen MR) is 51.3 cm³/mol. The van der Waals surface area contributed by atoms with E-state index in [2.05, 4.69) is 12.6 Å². The molecule has 1 rings (SSSR count). The fraction of sp³-hybridized carbons (Fsp3) is 0.143. The summed E-state index contributed by atoms with van der Waals surface area (Å²) in [5, 5.41) is 0. The lowest BCUT2D eigenvalue weighted by Crippen LogP contribution is -2.21. The van der Waals surface area contributed by atoms with Crippen molar-refractivity contribution >= 4 is 22.7 Å². The zero-order valence-electron chi connectivity index (χ0n) is 7.44. The summed E-state index contributed by atoms with van der Waals surface area (Å²) in [6.45, 7) is 0. The SMILES string of the molecule is Fc1ccc(S)cc1.O=S(=O)(O)C(F)(F)F. The molecular weight excluding hydrogens is 272 g/mol. The van der Waals surface area contributed by atoms with E-state index in [1.54, 1.807) is 12.1 Å². The van der Waals surface area contributed by atoms with Crippen LogP contribution in [0.3, 0.4) is 0 Å². The van der Waals surface area contributed by atoms with Gasteiger partial charge in [0, 0.05) is 4.90 Å². The highest BCUT2D eigenvalue weighted by Crippen LogP contribution is 2.20. The van der Waals surface area contributed by atoms with Crippen molar-refractivity contribution in [2.75, 3.05) is 0 Å². The zero-order chi connectivity index (χ0) is 13.0. The Bertz CT molecular complexity index is 403. The first-order chi connectivity index (χ1) is 7.04. The summed E-state index contributed by atoms with van der Waals surface area (Å²) in [4.78, 5) is 0.784. The highest BCUT2D eigenvalue weighted by atomic mass is 32.2. The quantitative estimate of drug-likeness (QED) is 0.332. The minimum Gasteiger partial charge on any atom is -0.279 e. The van der Waals surface area contributed by atoms with Gasteiger partial charge in [0.05, 0.1) is 0 Å². The van der Waals surface area contributed by atoms with Crippen molar-refractivity contribution in [3.8, 4) is 0 Å². The molecule has 9 heteroatoms. The van der Waals surface area contributed by atoms with Gasteiger partial charge in [-0.3, -0.25) is 4.55 Å². The highest BCUT2D eigenvalue weighted by Gasteiger charge is 2.44. The molecule has 0 atom stereocenters. The maximum Gasteiger partial charge on any atom is 0.522 e. The molecule has 0 spiro atoms. The molecule has 0 aromatic heterocycles. The second kappa shape index (κ2) is 5.51. The monoisotopic (exact) mass is 278 g/mol. The topological polar surface area (TPSA) is 54.4 Å². The molecule has 1 aromatic rings. The van der Waals surface area contributed by atoms with E-state index in [0.717, 1.165) is 4.90 Å². The molecule has 0 unspecified atom stereocenters. The lowest BCUT2D eigenvalue weighted by atomic mass is 10.4. The average Bonchev–Trinajstić information content (AvgIpc) is 2.08. The largest absolute Gasteiger partial charge is 0.522 e. The molecule has 16 heavy (non-hydrogen) atoms. The van der Waals surface area contributed by atoms with Crippen LogP contribution < -0.4 is 0 Å². The number of halogens is 4. The van der Waals surface area contributed by atoms with Gasteiger partial charge in [-0.1, -0.05) is 0 Å². The van der Waals surface area contributed by atoms with Gasteiger partial charge in [-0.2, -0.15) is 21.6 Å². The zero-order valence-corrected chi connectivity index (χ0v) is 9.15. The van der Waals surface area contributed by atoms with E-state index in [1.165, 1.54) is 12.1 Å². The van der Waals surface area contributed by atoms with Crippen LogP contribution in [0.1, 0.15) is 0 Å². The maximum absolute atomic E-state index is 12.1. The van der Waals surface area contributed by atoms with Crippen LogP contribution in [-0.4, -0.2) is 18.5 Å². The molecule has 0 bridgehead atoms. The summed E-state index contributed by atoms with van der Waals surface area (Å²) in [7, 11) is -5.84. The molecule has 1 aromatic carbocycles. The summed E-state index contributed by atoms with van der Waals surface area (Å²) < 4.78 is 69.6. The van der Waals surface area contributed by atoms with Gasteiger partial charge >= 0.3 is 15.6 Å². The third-order valence-corrected chi connectivity index (χ3v) is 2.00. The van der Waals surface area contributed by atoms with E-state index in [4.69, 9.17) is 13.0 Å². The lowest BCUT2D eigenvalue weighted by molar-refractivity contribution is -0.0510. The predicted octanol–water partition coefficient (Wildman–Crippen LogP) is 2.51. The Kier molecular flexibility index (Phi) is 5.23. The van der Waals surface area contributed by atoms with Gasteiger partial charge in [-0.05, 0) is 24.3 Å². The fourth-order valence-electron chi connectivity index (χ4n) is 0.441. The number of thiol groups is 1. The number of hydrogen-bond donors (Lipinski definition) is 2. The first-order valence-electron chi connectivity index (χ1n) is 3.52. The molecule has 0 heterocycles. The van der Waals surface area contributed by atoms with Crippen molar-refractivity contribution in [3.05, 3.63) is 30.1 Å². The van der Waals surface area contributed by atoms with Gasteiger partial charge in [-0.15, -0.1) is 12.6 Å². The number of rotatable bonds is 0. The molecule has 0 saturated heterocycles. The molecule has 0 saturated carbocycles. The number of benzene rings is 1. The van der Waals surface area contributed by atoms with Gasteiger partial charge in [0.15, 0.2) is 0 Å². The second-order valence-corrected chi connectivity index (χ2v) is 4.33. The highest BCUT2D eigenvalue weighted by molar-refractivity contribution is 7.86. The summed E-state index contributed by atoms with van der Waals surface area (Å²) in [5.74, 6) is -0.220. The van der Waals surface area contributed by atoms with Gasteiger partial charge in [0.2, 0.25) is 0 Å². The summed E-state index contributed by atoms with van der Waals surface area (Å²) in [5.41, 5.74) is -5.53. The standard InChI is InChI=1S/C6H5FS.CHF3O3S/c7-5-1-3-6(8)4-2-5;2-1(3,4)8(5,6)7/h1-4,8H;(H,5,6,7). The minimum atomic E-state index is -5.84. The Balaban J connectivity index is 0.000000281. The van der Waals surface area contributed by atoms with Gasteiger partial charge < -0.3 is 0 Å².